The minimum Gasteiger partial charge on any atom is -0.381 e. The second-order valence-corrected chi connectivity index (χ2v) is 6.88. The molecule has 7 heteroatoms. The first-order valence-electron chi connectivity index (χ1n) is 7.00. The van der Waals surface area contributed by atoms with Crippen LogP contribution in [0.15, 0.2) is 23.2 Å². The summed E-state index contributed by atoms with van der Waals surface area (Å²) >= 11 is 0. The van der Waals surface area contributed by atoms with Gasteiger partial charge in [-0.25, -0.2) is 13.1 Å². The van der Waals surface area contributed by atoms with Crippen molar-refractivity contribution in [3.05, 3.63) is 18.3 Å². The number of hydrogen-bond acceptors (Lipinski definition) is 4. The summed E-state index contributed by atoms with van der Waals surface area (Å²) in [5.74, 6) is 0.427. The molecule has 3 N–H and O–H groups in total. The molecule has 1 unspecified atom stereocenters. The second kappa shape index (κ2) is 6.41. The number of hydrogen-bond donors (Lipinski definition) is 2. The summed E-state index contributed by atoms with van der Waals surface area (Å²) in [5, 5.41) is 4.03. The fourth-order valence-corrected chi connectivity index (χ4v) is 3.50. The number of rotatable bonds is 6. The summed E-state index contributed by atoms with van der Waals surface area (Å²) in [6.07, 6.45) is 9.58. The predicted octanol–water partition coefficient (Wildman–Crippen LogP) is 1.51. The van der Waals surface area contributed by atoms with Gasteiger partial charge in [-0.1, -0.05) is 19.1 Å². The normalized spacial score (nSPS) is 19.4. The number of allylic oxidation sites excluding steroid dienone is 2. The van der Waals surface area contributed by atoms with Crippen molar-refractivity contribution in [3.63, 3.8) is 0 Å². The summed E-state index contributed by atoms with van der Waals surface area (Å²) in [6.45, 7) is 3.11. The highest BCUT2D eigenvalue weighted by Crippen LogP contribution is 2.20. The first kappa shape index (κ1) is 15.1. The lowest BCUT2D eigenvalue weighted by molar-refractivity contribution is 0.468. The molecule has 1 aliphatic rings. The highest BCUT2D eigenvalue weighted by atomic mass is 32.2. The maximum absolute atomic E-state index is 12.3. The molecule has 0 spiro atoms. The largest absolute Gasteiger partial charge is 0.381 e. The zero-order valence-electron chi connectivity index (χ0n) is 11.7. The van der Waals surface area contributed by atoms with Crippen molar-refractivity contribution >= 4 is 15.8 Å². The highest BCUT2D eigenvalue weighted by Gasteiger charge is 2.22. The fraction of sp³-hybridized carbons (Fsp3) is 0.615. The van der Waals surface area contributed by atoms with Crippen LogP contribution in [0, 0.1) is 5.92 Å². The molecule has 20 heavy (non-hydrogen) atoms. The number of nitrogens with two attached hydrogens (primary N) is 1. The number of nitrogens with zero attached hydrogens (tertiary/aromatic N) is 2. The first-order valence-corrected chi connectivity index (χ1v) is 8.49. The molecule has 0 radical (unpaired) electrons. The van der Waals surface area contributed by atoms with Gasteiger partial charge in [0.2, 0.25) is 10.0 Å². The standard InChI is InChI=1S/C13H22N4O2S/c1-2-8-17-10-12(13(14)16-17)20(18,19)15-9-11-6-4-3-5-7-11/h3-4,10-11,15H,2,5-9H2,1H3,(H2,14,16). The van der Waals surface area contributed by atoms with Crippen molar-refractivity contribution in [3.8, 4) is 0 Å². The Morgan fingerprint density at radius 3 is 2.95 bits per heavy atom. The Bertz CT molecular complexity index is 577. The topological polar surface area (TPSA) is 90.0 Å². The van der Waals surface area contributed by atoms with Gasteiger partial charge in [-0.15, -0.1) is 0 Å². The van der Waals surface area contributed by atoms with Gasteiger partial charge in [0.05, 0.1) is 0 Å². The van der Waals surface area contributed by atoms with Crippen LogP contribution in [0.1, 0.15) is 32.6 Å². The van der Waals surface area contributed by atoms with Crippen molar-refractivity contribution in [1.29, 1.82) is 0 Å². The van der Waals surface area contributed by atoms with Crippen molar-refractivity contribution in [2.75, 3.05) is 12.3 Å². The van der Waals surface area contributed by atoms with E-state index in [9.17, 15) is 8.42 Å². The molecule has 1 aromatic heterocycles. The van der Waals surface area contributed by atoms with Crippen LogP contribution >= 0.6 is 0 Å². The monoisotopic (exact) mass is 298 g/mol. The van der Waals surface area contributed by atoms with E-state index in [2.05, 4.69) is 22.0 Å². The van der Waals surface area contributed by atoms with Crippen LogP contribution in [0.25, 0.3) is 0 Å². The smallest absolute Gasteiger partial charge is 0.245 e. The van der Waals surface area contributed by atoms with E-state index in [1.165, 1.54) is 6.20 Å². The van der Waals surface area contributed by atoms with Crippen LogP contribution in [0.2, 0.25) is 0 Å². The van der Waals surface area contributed by atoms with Gasteiger partial charge >= 0.3 is 0 Å². The van der Waals surface area contributed by atoms with Gasteiger partial charge in [-0.2, -0.15) is 5.10 Å². The molecule has 0 amide bonds. The van der Waals surface area contributed by atoms with E-state index in [-0.39, 0.29) is 10.7 Å². The van der Waals surface area contributed by atoms with Gasteiger partial charge in [0.1, 0.15) is 4.90 Å². The number of anilines is 1. The molecule has 0 aromatic carbocycles. The molecular weight excluding hydrogens is 276 g/mol. The SMILES string of the molecule is CCCn1cc(S(=O)(=O)NCC2CC=CCC2)c(N)n1. The van der Waals surface area contributed by atoms with Gasteiger partial charge in [0, 0.05) is 19.3 Å². The molecule has 0 aliphatic heterocycles. The molecule has 1 aliphatic carbocycles. The molecular formula is C13H22N4O2S. The summed E-state index contributed by atoms with van der Waals surface area (Å²) < 4.78 is 28.7. The maximum atomic E-state index is 12.3. The van der Waals surface area contributed by atoms with Gasteiger partial charge < -0.3 is 5.73 Å². The Morgan fingerprint density at radius 1 is 1.50 bits per heavy atom. The Kier molecular flexibility index (Phi) is 4.82. The molecule has 1 aromatic rings. The molecule has 1 atom stereocenters. The van der Waals surface area contributed by atoms with E-state index in [0.29, 0.717) is 19.0 Å². The third-order valence-corrected chi connectivity index (χ3v) is 4.88. The number of nitrogen functional groups attached to an aromatic ring is 1. The van der Waals surface area contributed by atoms with Gasteiger partial charge in [0.15, 0.2) is 5.82 Å². The zero-order valence-corrected chi connectivity index (χ0v) is 12.6. The lowest BCUT2D eigenvalue weighted by Gasteiger charge is -2.17. The molecule has 0 fully saturated rings. The molecule has 0 saturated carbocycles. The average Bonchev–Trinajstić information content (AvgIpc) is 2.80. The van der Waals surface area contributed by atoms with E-state index in [0.717, 1.165) is 25.7 Å². The Labute approximate surface area is 120 Å². The van der Waals surface area contributed by atoms with Crippen molar-refractivity contribution in [2.45, 2.75) is 44.0 Å². The maximum Gasteiger partial charge on any atom is 0.245 e. The van der Waals surface area contributed by atoms with Crippen molar-refractivity contribution < 1.29 is 8.42 Å². The number of nitrogens with one attached hydrogen (secondary N) is 1. The van der Waals surface area contributed by atoms with Crippen LogP contribution in [-0.4, -0.2) is 24.7 Å². The zero-order chi connectivity index (χ0) is 14.6. The molecule has 112 valence electrons. The third-order valence-electron chi connectivity index (χ3n) is 3.44. The number of aromatic nitrogens is 2. The molecule has 2 rings (SSSR count). The second-order valence-electron chi connectivity index (χ2n) is 5.14. The quantitative estimate of drug-likeness (QED) is 0.779. The summed E-state index contributed by atoms with van der Waals surface area (Å²) in [5.41, 5.74) is 5.70. The summed E-state index contributed by atoms with van der Waals surface area (Å²) in [6, 6.07) is 0. The summed E-state index contributed by atoms with van der Waals surface area (Å²) in [4.78, 5) is 0.0808. The van der Waals surface area contributed by atoms with Crippen LogP contribution in [-0.2, 0) is 16.6 Å². The van der Waals surface area contributed by atoms with Crippen molar-refractivity contribution in [2.24, 2.45) is 5.92 Å². The van der Waals surface area contributed by atoms with Gasteiger partial charge in [-0.05, 0) is 31.6 Å². The van der Waals surface area contributed by atoms with Crippen LogP contribution in [0.5, 0.6) is 0 Å². The van der Waals surface area contributed by atoms with E-state index in [4.69, 9.17) is 5.73 Å². The highest BCUT2D eigenvalue weighted by molar-refractivity contribution is 7.89. The Morgan fingerprint density at radius 2 is 2.30 bits per heavy atom. The molecule has 1 heterocycles. The fourth-order valence-electron chi connectivity index (χ4n) is 2.32. The number of sulfonamides is 1. The van der Waals surface area contributed by atoms with Gasteiger partial charge in [0.25, 0.3) is 0 Å². The van der Waals surface area contributed by atoms with E-state index >= 15 is 0 Å². The Hall–Kier alpha value is -1.34. The molecule has 0 saturated heterocycles. The van der Waals surface area contributed by atoms with E-state index in [1.54, 1.807) is 4.68 Å². The van der Waals surface area contributed by atoms with E-state index < -0.39 is 10.0 Å². The van der Waals surface area contributed by atoms with Gasteiger partial charge in [-0.3, -0.25) is 4.68 Å². The molecule has 0 bridgehead atoms. The van der Waals surface area contributed by atoms with E-state index in [1.807, 2.05) is 6.92 Å². The minimum atomic E-state index is -3.57. The lowest BCUT2D eigenvalue weighted by atomic mass is 9.95. The van der Waals surface area contributed by atoms with Crippen LogP contribution in [0.4, 0.5) is 5.82 Å². The Balaban J connectivity index is 2.03. The lowest BCUT2D eigenvalue weighted by Crippen LogP contribution is -2.30. The number of aryl methyl sites for hydroxylation is 1. The summed E-state index contributed by atoms with van der Waals surface area (Å²) in [7, 11) is -3.57. The van der Waals surface area contributed by atoms with Crippen molar-refractivity contribution in [1.82, 2.24) is 14.5 Å². The molecule has 6 nitrogen and oxygen atoms in total. The minimum absolute atomic E-state index is 0.0643. The average molecular weight is 298 g/mol. The predicted molar refractivity (Wildman–Crippen MR) is 78.6 cm³/mol. The third kappa shape index (κ3) is 3.61. The van der Waals surface area contributed by atoms with Crippen LogP contribution < -0.4 is 10.5 Å². The first-order chi connectivity index (χ1) is 9.53. The van der Waals surface area contributed by atoms with Crippen LogP contribution in [0.3, 0.4) is 0 Å².